The second-order valence-electron chi connectivity index (χ2n) is 4.16. The molecule has 92 valence electrons. The normalized spacial score (nSPS) is 23.9. The first-order chi connectivity index (χ1) is 8.34. The van der Waals surface area contributed by atoms with Crippen molar-refractivity contribution in [1.29, 1.82) is 0 Å². The van der Waals surface area contributed by atoms with E-state index in [-0.39, 0.29) is 6.10 Å². The van der Waals surface area contributed by atoms with Gasteiger partial charge >= 0.3 is 0 Å². The molecule has 0 aromatic heterocycles. The average molecular weight is 300 g/mol. The molecule has 2 aliphatic rings. The van der Waals surface area contributed by atoms with E-state index in [0.717, 1.165) is 41.0 Å². The lowest BCUT2D eigenvalue weighted by Gasteiger charge is -2.28. The van der Waals surface area contributed by atoms with E-state index in [1.807, 2.05) is 6.07 Å². The first-order valence-electron chi connectivity index (χ1n) is 5.70. The third kappa shape index (κ3) is 2.33. The van der Waals surface area contributed by atoms with Crippen LogP contribution in [0.1, 0.15) is 17.2 Å². The maximum absolute atomic E-state index is 5.78. The van der Waals surface area contributed by atoms with E-state index >= 15 is 0 Å². The minimum atomic E-state index is 0.0631. The van der Waals surface area contributed by atoms with Crippen molar-refractivity contribution in [3.8, 4) is 5.75 Å². The summed E-state index contributed by atoms with van der Waals surface area (Å²) in [7, 11) is 0. The molecular weight excluding hydrogens is 286 g/mol. The smallest absolute Gasteiger partial charge is 0.189 e. The number of hydrogen-bond acceptors (Lipinski definition) is 4. The van der Waals surface area contributed by atoms with Crippen molar-refractivity contribution in [2.24, 2.45) is 0 Å². The van der Waals surface area contributed by atoms with E-state index < -0.39 is 0 Å². The molecule has 0 spiro atoms. The van der Waals surface area contributed by atoms with Crippen LogP contribution >= 0.6 is 15.9 Å². The maximum Gasteiger partial charge on any atom is 0.189 e. The first-order valence-corrected chi connectivity index (χ1v) is 6.49. The summed E-state index contributed by atoms with van der Waals surface area (Å²) in [6, 6.07) is 4.11. The van der Waals surface area contributed by atoms with Crippen LogP contribution in [0.4, 0.5) is 0 Å². The molecule has 5 heteroatoms. The van der Waals surface area contributed by atoms with Gasteiger partial charge in [-0.1, -0.05) is 15.9 Å². The van der Waals surface area contributed by atoms with Gasteiger partial charge in [0.2, 0.25) is 0 Å². The number of hydrogen-bond donors (Lipinski definition) is 1. The number of benzene rings is 1. The predicted octanol–water partition coefficient (Wildman–Crippen LogP) is 1.98. The zero-order valence-corrected chi connectivity index (χ0v) is 11.0. The van der Waals surface area contributed by atoms with E-state index in [1.165, 1.54) is 0 Å². The second kappa shape index (κ2) is 4.94. The fourth-order valence-electron chi connectivity index (χ4n) is 2.21. The minimum absolute atomic E-state index is 0.0631. The van der Waals surface area contributed by atoms with E-state index in [9.17, 15) is 0 Å². The molecule has 1 N–H and O–H groups in total. The molecule has 2 heterocycles. The minimum Gasteiger partial charge on any atom is -0.467 e. The molecule has 1 aromatic rings. The van der Waals surface area contributed by atoms with Gasteiger partial charge in [0.25, 0.3) is 0 Å². The van der Waals surface area contributed by atoms with Crippen LogP contribution in [0, 0.1) is 0 Å². The largest absolute Gasteiger partial charge is 0.467 e. The van der Waals surface area contributed by atoms with Gasteiger partial charge in [-0.3, -0.25) is 0 Å². The molecule has 1 fully saturated rings. The first kappa shape index (κ1) is 11.5. The fourth-order valence-corrected chi connectivity index (χ4v) is 2.74. The van der Waals surface area contributed by atoms with Crippen molar-refractivity contribution in [2.75, 3.05) is 26.5 Å². The van der Waals surface area contributed by atoms with Gasteiger partial charge in [-0.2, -0.15) is 0 Å². The summed E-state index contributed by atoms with van der Waals surface area (Å²) in [5.41, 5.74) is 2.18. The summed E-state index contributed by atoms with van der Waals surface area (Å²) in [4.78, 5) is 0. The van der Waals surface area contributed by atoms with Gasteiger partial charge in [-0.25, -0.2) is 0 Å². The third-order valence-corrected chi connectivity index (χ3v) is 3.44. The summed E-state index contributed by atoms with van der Waals surface area (Å²) < 4.78 is 17.7. The van der Waals surface area contributed by atoms with Crippen LogP contribution < -0.4 is 10.1 Å². The fraction of sp³-hybridized carbons (Fsp3) is 0.500. The molecule has 1 saturated heterocycles. The molecular formula is C12H14BrNO3. The molecule has 0 bridgehead atoms. The molecule has 1 unspecified atom stereocenters. The van der Waals surface area contributed by atoms with Crippen LogP contribution in [0.25, 0.3) is 0 Å². The Kier molecular flexibility index (Phi) is 3.33. The highest BCUT2D eigenvalue weighted by Gasteiger charge is 2.24. The molecule has 0 saturated carbocycles. The highest BCUT2D eigenvalue weighted by atomic mass is 79.9. The molecule has 1 aromatic carbocycles. The topological polar surface area (TPSA) is 39.7 Å². The summed E-state index contributed by atoms with van der Waals surface area (Å²) in [6.45, 7) is 3.40. The van der Waals surface area contributed by atoms with Crippen LogP contribution in [0.15, 0.2) is 16.6 Å². The van der Waals surface area contributed by atoms with Crippen molar-refractivity contribution in [3.63, 3.8) is 0 Å². The molecule has 0 aliphatic carbocycles. The van der Waals surface area contributed by atoms with Crippen molar-refractivity contribution < 1.29 is 14.2 Å². The van der Waals surface area contributed by atoms with Gasteiger partial charge < -0.3 is 19.5 Å². The van der Waals surface area contributed by atoms with E-state index in [0.29, 0.717) is 13.4 Å². The summed E-state index contributed by atoms with van der Waals surface area (Å²) in [5.74, 6) is 0.924. The van der Waals surface area contributed by atoms with Gasteiger partial charge in [-0.15, -0.1) is 0 Å². The molecule has 0 amide bonds. The van der Waals surface area contributed by atoms with E-state index in [1.54, 1.807) is 0 Å². The van der Waals surface area contributed by atoms with Crippen molar-refractivity contribution >= 4 is 15.9 Å². The van der Waals surface area contributed by atoms with Gasteiger partial charge in [0.15, 0.2) is 6.79 Å². The van der Waals surface area contributed by atoms with Gasteiger partial charge in [0, 0.05) is 28.7 Å². The van der Waals surface area contributed by atoms with Crippen LogP contribution in [0.3, 0.4) is 0 Å². The summed E-state index contributed by atoms with van der Waals surface area (Å²) >= 11 is 3.52. The molecule has 1 atom stereocenters. The average Bonchev–Trinajstić information content (AvgIpc) is 2.39. The molecule has 2 aliphatic heterocycles. The molecule has 17 heavy (non-hydrogen) atoms. The lowest BCUT2D eigenvalue weighted by Crippen LogP contribution is -2.34. The van der Waals surface area contributed by atoms with Gasteiger partial charge in [-0.05, 0) is 12.1 Å². The number of rotatable bonds is 1. The lowest BCUT2D eigenvalue weighted by molar-refractivity contribution is -0.0226. The summed E-state index contributed by atoms with van der Waals surface area (Å²) in [6.07, 6.45) is 0.0631. The Morgan fingerprint density at radius 2 is 2.29 bits per heavy atom. The molecule has 3 rings (SSSR count). The predicted molar refractivity (Wildman–Crippen MR) is 66.0 cm³/mol. The van der Waals surface area contributed by atoms with Crippen LogP contribution in [-0.2, 0) is 16.1 Å². The maximum atomic E-state index is 5.78. The van der Waals surface area contributed by atoms with Crippen molar-refractivity contribution in [3.05, 3.63) is 27.7 Å². The monoisotopic (exact) mass is 299 g/mol. The Bertz CT molecular complexity index is 418. The molecule has 0 radical (unpaired) electrons. The summed E-state index contributed by atoms with van der Waals surface area (Å²) in [5, 5.41) is 3.33. The Morgan fingerprint density at radius 3 is 3.12 bits per heavy atom. The zero-order chi connectivity index (χ0) is 11.7. The molecule has 4 nitrogen and oxygen atoms in total. The highest BCUT2D eigenvalue weighted by molar-refractivity contribution is 9.10. The van der Waals surface area contributed by atoms with Crippen LogP contribution in [-0.4, -0.2) is 26.5 Å². The zero-order valence-electron chi connectivity index (χ0n) is 9.37. The second-order valence-corrected chi connectivity index (χ2v) is 5.07. The highest BCUT2D eigenvalue weighted by Crippen LogP contribution is 2.36. The van der Waals surface area contributed by atoms with Gasteiger partial charge in [0.1, 0.15) is 5.75 Å². The number of nitrogens with one attached hydrogen (secondary N) is 1. The van der Waals surface area contributed by atoms with E-state index in [4.69, 9.17) is 14.2 Å². The van der Waals surface area contributed by atoms with Crippen LogP contribution in [0.5, 0.6) is 5.75 Å². The Balaban J connectivity index is 1.98. The Labute approximate surface area is 108 Å². The van der Waals surface area contributed by atoms with E-state index in [2.05, 4.69) is 27.3 Å². The quantitative estimate of drug-likeness (QED) is 0.861. The number of morpholine rings is 1. The van der Waals surface area contributed by atoms with Gasteiger partial charge in [0.05, 0.1) is 19.3 Å². The Morgan fingerprint density at radius 1 is 1.35 bits per heavy atom. The number of halogens is 1. The van der Waals surface area contributed by atoms with Crippen molar-refractivity contribution in [2.45, 2.75) is 12.7 Å². The third-order valence-electron chi connectivity index (χ3n) is 2.98. The SMILES string of the molecule is Brc1cc2c(c(C3CNCCO3)c1)OCOC2. The number of fused-ring (bicyclic) bond motifs is 1. The number of ether oxygens (including phenoxy) is 3. The van der Waals surface area contributed by atoms with Crippen molar-refractivity contribution in [1.82, 2.24) is 5.32 Å². The Hall–Kier alpha value is -0.620. The standard InChI is InChI=1S/C12H14BrNO3/c13-9-3-8-6-15-7-17-12(8)10(4-9)11-5-14-1-2-16-11/h3-4,11,14H,1-2,5-7H2. The lowest BCUT2D eigenvalue weighted by atomic mass is 10.0. The van der Waals surface area contributed by atoms with Crippen LogP contribution in [0.2, 0.25) is 0 Å².